The molecule has 0 radical (unpaired) electrons. The molecule has 1 heterocycles. The number of rotatable bonds is 9. The van der Waals surface area contributed by atoms with Crippen molar-refractivity contribution in [2.45, 2.75) is 19.8 Å². The first-order valence-corrected chi connectivity index (χ1v) is 10.5. The Morgan fingerprint density at radius 1 is 1.00 bits per heavy atom. The molecule has 0 saturated heterocycles. The Labute approximate surface area is 180 Å². The van der Waals surface area contributed by atoms with Crippen molar-refractivity contribution in [3.8, 4) is 28.5 Å². The number of hydrogen-bond donors (Lipinski definition) is 1. The van der Waals surface area contributed by atoms with E-state index in [1.165, 1.54) is 5.56 Å². The molecule has 30 heavy (non-hydrogen) atoms. The molecule has 2 aromatic carbocycles. The van der Waals surface area contributed by atoms with Crippen molar-refractivity contribution in [1.82, 2.24) is 10.3 Å². The Balaban J connectivity index is 1.54. The van der Waals surface area contributed by atoms with Gasteiger partial charge in [-0.25, -0.2) is 4.98 Å². The number of aryl methyl sites for hydroxylation is 1. The minimum absolute atomic E-state index is 0.0566. The maximum atomic E-state index is 12.4. The Kier molecular flexibility index (Phi) is 7.30. The molecule has 3 aromatic rings. The average Bonchev–Trinajstić information content (AvgIpc) is 3.19. The third kappa shape index (κ3) is 5.30. The van der Waals surface area contributed by atoms with Gasteiger partial charge in [0.05, 0.1) is 38.5 Å². The molecule has 6 nitrogen and oxygen atoms in total. The molecule has 0 aliphatic rings. The molecule has 7 heteroatoms. The molecule has 158 valence electrons. The fourth-order valence-electron chi connectivity index (χ4n) is 3.17. The zero-order valence-corrected chi connectivity index (χ0v) is 18.5. The Hall–Kier alpha value is -3.06. The monoisotopic (exact) mass is 426 g/mol. The van der Waals surface area contributed by atoms with Crippen molar-refractivity contribution in [3.63, 3.8) is 0 Å². The summed E-state index contributed by atoms with van der Waals surface area (Å²) < 4.78 is 16.0. The van der Waals surface area contributed by atoms with E-state index < -0.39 is 0 Å². The third-order valence-electron chi connectivity index (χ3n) is 4.69. The predicted octanol–water partition coefficient (Wildman–Crippen LogP) is 4.05. The van der Waals surface area contributed by atoms with Gasteiger partial charge in [-0.2, -0.15) is 0 Å². The quantitative estimate of drug-likeness (QED) is 0.559. The number of nitrogens with one attached hydrogen (secondary N) is 1. The number of carbonyl (C=O) groups excluding carboxylic acids is 1. The van der Waals surface area contributed by atoms with Gasteiger partial charge in [-0.05, 0) is 36.6 Å². The summed E-state index contributed by atoms with van der Waals surface area (Å²) in [6.07, 6.45) is 0.996. The molecular weight excluding hydrogens is 400 g/mol. The number of aromatic nitrogens is 1. The van der Waals surface area contributed by atoms with E-state index in [2.05, 4.69) is 39.9 Å². The number of thiazole rings is 1. The highest BCUT2D eigenvalue weighted by atomic mass is 32.1. The van der Waals surface area contributed by atoms with Gasteiger partial charge < -0.3 is 19.5 Å². The highest BCUT2D eigenvalue weighted by Crippen LogP contribution is 2.38. The van der Waals surface area contributed by atoms with E-state index >= 15 is 0 Å². The number of hydrogen-bond acceptors (Lipinski definition) is 6. The lowest BCUT2D eigenvalue weighted by molar-refractivity contribution is -0.120. The SMILES string of the molecule is COc1cc(CC(=O)NCCc2ccc(-c3csc(C)n3)cc2)cc(OC)c1OC. The van der Waals surface area contributed by atoms with Crippen molar-refractivity contribution < 1.29 is 19.0 Å². The van der Waals surface area contributed by atoms with Crippen LogP contribution in [-0.2, 0) is 17.6 Å². The maximum absolute atomic E-state index is 12.4. The van der Waals surface area contributed by atoms with Gasteiger partial charge in [0.1, 0.15) is 0 Å². The molecule has 1 aromatic heterocycles. The lowest BCUT2D eigenvalue weighted by Gasteiger charge is -2.14. The van der Waals surface area contributed by atoms with Crippen LogP contribution in [0.2, 0.25) is 0 Å². The molecular formula is C23H26N2O4S. The van der Waals surface area contributed by atoms with E-state index in [-0.39, 0.29) is 12.3 Å². The second-order valence-corrected chi connectivity index (χ2v) is 7.82. The summed E-state index contributed by atoms with van der Waals surface area (Å²) in [7, 11) is 4.67. The first kappa shape index (κ1) is 21.6. The molecule has 0 atom stereocenters. The van der Waals surface area contributed by atoms with Crippen molar-refractivity contribution >= 4 is 17.2 Å². The highest BCUT2D eigenvalue weighted by Gasteiger charge is 2.14. The van der Waals surface area contributed by atoms with Gasteiger partial charge in [-0.3, -0.25) is 4.79 Å². The van der Waals surface area contributed by atoms with E-state index in [1.807, 2.05) is 6.92 Å². The molecule has 0 fully saturated rings. The number of benzene rings is 2. The minimum atomic E-state index is -0.0566. The normalized spacial score (nSPS) is 10.5. The summed E-state index contributed by atoms with van der Waals surface area (Å²) in [4.78, 5) is 16.9. The molecule has 0 bridgehead atoms. The van der Waals surface area contributed by atoms with Gasteiger partial charge in [-0.1, -0.05) is 24.3 Å². The number of methoxy groups -OCH3 is 3. The van der Waals surface area contributed by atoms with E-state index in [4.69, 9.17) is 14.2 Å². The van der Waals surface area contributed by atoms with Crippen molar-refractivity contribution in [2.75, 3.05) is 27.9 Å². The summed E-state index contributed by atoms with van der Waals surface area (Å²) >= 11 is 1.65. The summed E-state index contributed by atoms with van der Waals surface area (Å²) in [5, 5.41) is 6.09. The molecule has 0 spiro atoms. The second kappa shape index (κ2) is 10.1. The summed E-state index contributed by atoms with van der Waals surface area (Å²) in [6.45, 7) is 2.57. The molecule has 0 aliphatic carbocycles. The third-order valence-corrected chi connectivity index (χ3v) is 5.47. The van der Waals surface area contributed by atoms with Crippen LogP contribution in [0, 0.1) is 6.92 Å². The summed E-state index contributed by atoms with van der Waals surface area (Å²) in [5.41, 5.74) is 4.07. The highest BCUT2D eigenvalue weighted by molar-refractivity contribution is 7.09. The summed E-state index contributed by atoms with van der Waals surface area (Å²) in [6, 6.07) is 11.9. The number of ether oxygens (including phenoxy) is 3. The van der Waals surface area contributed by atoms with Crippen LogP contribution in [0.5, 0.6) is 17.2 Å². The van der Waals surface area contributed by atoms with Gasteiger partial charge in [0.25, 0.3) is 0 Å². The lowest BCUT2D eigenvalue weighted by atomic mass is 10.1. The zero-order chi connectivity index (χ0) is 21.5. The van der Waals surface area contributed by atoms with Crippen LogP contribution >= 0.6 is 11.3 Å². The van der Waals surface area contributed by atoms with Gasteiger partial charge in [0.15, 0.2) is 11.5 Å². The lowest BCUT2D eigenvalue weighted by Crippen LogP contribution is -2.27. The first-order chi connectivity index (χ1) is 14.5. The number of carbonyl (C=O) groups is 1. The van der Waals surface area contributed by atoms with E-state index in [1.54, 1.807) is 44.8 Å². The van der Waals surface area contributed by atoms with Crippen LogP contribution in [0.15, 0.2) is 41.8 Å². The van der Waals surface area contributed by atoms with Crippen LogP contribution in [-0.4, -0.2) is 38.8 Å². The van der Waals surface area contributed by atoms with Crippen LogP contribution in [0.1, 0.15) is 16.1 Å². The van der Waals surface area contributed by atoms with Crippen LogP contribution in [0.25, 0.3) is 11.3 Å². The Morgan fingerprint density at radius 3 is 2.20 bits per heavy atom. The van der Waals surface area contributed by atoms with Gasteiger partial charge in [-0.15, -0.1) is 11.3 Å². The maximum Gasteiger partial charge on any atom is 0.224 e. The molecule has 0 aliphatic heterocycles. The van der Waals surface area contributed by atoms with Crippen LogP contribution in [0.4, 0.5) is 0 Å². The molecule has 0 saturated carbocycles. The fraction of sp³-hybridized carbons (Fsp3) is 0.304. The van der Waals surface area contributed by atoms with Crippen molar-refractivity contribution in [1.29, 1.82) is 0 Å². The number of nitrogens with zero attached hydrogens (tertiary/aromatic N) is 1. The van der Waals surface area contributed by atoms with Crippen molar-refractivity contribution in [2.24, 2.45) is 0 Å². The first-order valence-electron chi connectivity index (χ1n) is 9.61. The average molecular weight is 427 g/mol. The standard InChI is InChI=1S/C23H26N2O4S/c1-15-25-19(14-30-15)18-7-5-16(6-8-18)9-10-24-22(26)13-17-11-20(27-2)23(29-4)21(12-17)28-3/h5-8,11-12,14H,9-10,13H2,1-4H3,(H,24,26). The van der Waals surface area contributed by atoms with Gasteiger partial charge in [0.2, 0.25) is 11.7 Å². The van der Waals surface area contributed by atoms with Crippen molar-refractivity contribution in [3.05, 3.63) is 57.9 Å². The van der Waals surface area contributed by atoms with E-state index in [0.29, 0.717) is 23.8 Å². The van der Waals surface area contributed by atoms with Gasteiger partial charge in [0, 0.05) is 17.5 Å². The zero-order valence-electron chi connectivity index (χ0n) is 17.7. The fourth-order valence-corrected chi connectivity index (χ4v) is 3.79. The van der Waals surface area contributed by atoms with Crippen LogP contribution < -0.4 is 19.5 Å². The van der Waals surface area contributed by atoms with E-state index in [9.17, 15) is 4.79 Å². The Bertz CT molecular complexity index is 974. The Morgan fingerprint density at radius 2 is 1.67 bits per heavy atom. The molecule has 1 N–H and O–H groups in total. The second-order valence-electron chi connectivity index (χ2n) is 6.76. The topological polar surface area (TPSA) is 69.7 Å². The largest absolute Gasteiger partial charge is 0.493 e. The van der Waals surface area contributed by atoms with E-state index in [0.717, 1.165) is 28.2 Å². The number of amides is 1. The summed E-state index contributed by atoms with van der Waals surface area (Å²) in [5.74, 6) is 1.53. The van der Waals surface area contributed by atoms with Gasteiger partial charge >= 0.3 is 0 Å². The molecule has 0 unspecified atom stereocenters. The predicted molar refractivity (Wildman–Crippen MR) is 119 cm³/mol. The molecule has 1 amide bonds. The molecule has 3 rings (SSSR count). The van der Waals surface area contributed by atoms with Crippen LogP contribution in [0.3, 0.4) is 0 Å². The smallest absolute Gasteiger partial charge is 0.224 e. The minimum Gasteiger partial charge on any atom is -0.493 e.